The molecule has 0 spiro atoms. The summed E-state index contributed by atoms with van der Waals surface area (Å²) in [7, 11) is 0. The zero-order chi connectivity index (χ0) is 20.8. The maximum absolute atomic E-state index is 12.5. The minimum atomic E-state index is -0.341. The first-order chi connectivity index (χ1) is 14.0. The van der Waals surface area contributed by atoms with Gasteiger partial charge in [-0.3, -0.25) is 14.4 Å². The van der Waals surface area contributed by atoms with Gasteiger partial charge in [0.15, 0.2) is 0 Å². The number of amides is 3. The van der Waals surface area contributed by atoms with Crippen molar-refractivity contribution in [3.63, 3.8) is 0 Å². The van der Waals surface area contributed by atoms with Crippen molar-refractivity contribution in [3.05, 3.63) is 59.1 Å². The lowest BCUT2D eigenvalue weighted by atomic mass is 10.1. The normalized spacial score (nSPS) is 16.0. The van der Waals surface area contributed by atoms with Crippen molar-refractivity contribution in [3.8, 4) is 0 Å². The van der Waals surface area contributed by atoms with Crippen LogP contribution in [0, 0.1) is 5.92 Å². The molecule has 2 N–H and O–H groups in total. The fourth-order valence-electron chi connectivity index (χ4n) is 3.20. The highest BCUT2D eigenvalue weighted by molar-refractivity contribution is 6.30. The average molecular weight is 414 g/mol. The van der Waals surface area contributed by atoms with E-state index in [1.165, 1.54) is 0 Å². The Morgan fingerprint density at radius 1 is 1.03 bits per heavy atom. The van der Waals surface area contributed by atoms with Crippen molar-refractivity contribution < 1.29 is 14.4 Å². The molecule has 0 radical (unpaired) electrons. The molecule has 2 aromatic rings. The lowest BCUT2D eigenvalue weighted by Crippen LogP contribution is -2.29. The van der Waals surface area contributed by atoms with E-state index in [1.807, 2.05) is 0 Å². The standard InChI is InChI=1S/C22H24ClN3O3/c1-2-3-12-26-14-16(13-20(26)27)22(29)25-18-8-4-15(5-9-18)21(28)24-19-10-6-17(23)7-11-19/h4-11,16H,2-3,12-14H2,1H3,(H,24,28)(H,25,29)/t16-/m1/s1. The maximum atomic E-state index is 12.5. The smallest absolute Gasteiger partial charge is 0.255 e. The number of hydrogen-bond donors (Lipinski definition) is 2. The second kappa shape index (κ2) is 9.56. The Labute approximate surface area is 175 Å². The molecule has 1 aliphatic heterocycles. The molecule has 6 nitrogen and oxygen atoms in total. The third-order valence-electron chi connectivity index (χ3n) is 4.88. The first-order valence-electron chi connectivity index (χ1n) is 9.72. The summed E-state index contributed by atoms with van der Waals surface area (Å²) in [5.41, 5.74) is 1.72. The van der Waals surface area contributed by atoms with Crippen molar-refractivity contribution in [1.29, 1.82) is 0 Å². The second-order valence-corrected chi connectivity index (χ2v) is 7.56. The fourth-order valence-corrected chi connectivity index (χ4v) is 3.32. The Morgan fingerprint density at radius 3 is 2.31 bits per heavy atom. The number of carbonyl (C=O) groups excluding carboxylic acids is 3. The van der Waals surface area contributed by atoms with Gasteiger partial charge in [-0.15, -0.1) is 0 Å². The molecule has 1 fully saturated rings. The van der Waals surface area contributed by atoms with Gasteiger partial charge in [0, 0.05) is 41.5 Å². The largest absolute Gasteiger partial charge is 0.342 e. The van der Waals surface area contributed by atoms with E-state index in [9.17, 15) is 14.4 Å². The number of anilines is 2. The summed E-state index contributed by atoms with van der Waals surface area (Å²) in [6.45, 7) is 3.24. The minimum absolute atomic E-state index is 0.0350. The molecule has 1 heterocycles. The third-order valence-corrected chi connectivity index (χ3v) is 5.14. The highest BCUT2D eigenvalue weighted by Gasteiger charge is 2.33. The van der Waals surface area contributed by atoms with E-state index in [2.05, 4.69) is 17.6 Å². The van der Waals surface area contributed by atoms with Gasteiger partial charge in [-0.2, -0.15) is 0 Å². The molecule has 1 aliphatic rings. The van der Waals surface area contributed by atoms with Crippen LogP contribution in [-0.4, -0.2) is 35.7 Å². The fraction of sp³-hybridized carbons (Fsp3) is 0.318. The summed E-state index contributed by atoms with van der Waals surface area (Å²) in [6, 6.07) is 13.5. The molecular weight excluding hydrogens is 390 g/mol. The van der Waals surface area contributed by atoms with E-state index in [0.29, 0.717) is 35.1 Å². The lowest BCUT2D eigenvalue weighted by molar-refractivity contribution is -0.128. The summed E-state index contributed by atoms with van der Waals surface area (Å²) in [5, 5.41) is 6.23. The molecule has 0 aliphatic carbocycles. The van der Waals surface area contributed by atoms with Crippen LogP contribution in [0.3, 0.4) is 0 Å². The summed E-state index contributed by atoms with van der Waals surface area (Å²) in [5.74, 6) is -0.728. The van der Waals surface area contributed by atoms with Gasteiger partial charge in [-0.1, -0.05) is 24.9 Å². The van der Waals surface area contributed by atoms with Crippen molar-refractivity contribution in [2.75, 3.05) is 23.7 Å². The molecule has 3 amide bonds. The molecule has 1 saturated heterocycles. The molecule has 3 rings (SSSR count). The zero-order valence-corrected chi connectivity index (χ0v) is 17.0. The van der Waals surface area contributed by atoms with Crippen LogP contribution in [0.1, 0.15) is 36.5 Å². The Kier molecular flexibility index (Phi) is 6.88. The second-order valence-electron chi connectivity index (χ2n) is 7.12. The van der Waals surface area contributed by atoms with Crippen LogP contribution in [-0.2, 0) is 9.59 Å². The molecule has 7 heteroatoms. The molecule has 0 saturated carbocycles. The van der Waals surface area contributed by atoms with E-state index in [0.717, 1.165) is 12.8 Å². The van der Waals surface area contributed by atoms with Crippen molar-refractivity contribution >= 4 is 40.7 Å². The zero-order valence-electron chi connectivity index (χ0n) is 16.3. The van der Waals surface area contributed by atoms with Gasteiger partial charge in [0.1, 0.15) is 0 Å². The number of nitrogens with one attached hydrogen (secondary N) is 2. The highest BCUT2D eigenvalue weighted by atomic mass is 35.5. The first-order valence-corrected chi connectivity index (χ1v) is 10.1. The predicted molar refractivity (Wildman–Crippen MR) is 114 cm³/mol. The van der Waals surface area contributed by atoms with E-state index in [1.54, 1.807) is 53.4 Å². The van der Waals surface area contributed by atoms with Gasteiger partial charge in [-0.25, -0.2) is 0 Å². The number of likely N-dealkylation sites (tertiary alicyclic amines) is 1. The molecule has 1 atom stereocenters. The first kappa shape index (κ1) is 20.9. The summed E-state index contributed by atoms with van der Waals surface area (Å²) in [6.07, 6.45) is 2.20. The summed E-state index contributed by atoms with van der Waals surface area (Å²) >= 11 is 5.84. The number of carbonyl (C=O) groups is 3. The minimum Gasteiger partial charge on any atom is -0.342 e. The number of halogens is 1. The van der Waals surface area contributed by atoms with Gasteiger partial charge in [0.25, 0.3) is 5.91 Å². The molecule has 0 unspecified atom stereocenters. The van der Waals surface area contributed by atoms with E-state index in [-0.39, 0.29) is 30.1 Å². The molecule has 29 heavy (non-hydrogen) atoms. The molecule has 0 aromatic heterocycles. The number of hydrogen-bond acceptors (Lipinski definition) is 3. The third kappa shape index (κ3) is 5.57. The Morgan fingerprint density at radius 2 is 1.66 bits per heavy atom. The van der Waals surface area contributed by atoms with Crippen LogP contribution < -0.4 is 10.6 Å². The van der Waals surface area contributed by atoms with Crippen LogP contribution in [0.15, 0.2) is 48.5 Å². The van der Waals surface area contributed by atoms with E-state index < -0.39 is 0 Å². The predicted octanol–water partition coefficient (Wildman–Crippen LogP) is 4.18. The highest BCUT2D eigenvalue weighted by Crippen LogP contribution is 2.21. The van der Waals surface area contributed by atoms with Crippen LogP contribution >= 0.6 is 11.6 Å². The van der Waals surface area contributed by atoms with Crippen LogP contribution in [0.4, 0.5) is 11.4 Å². The van der Waals surface area contributed by atoms with Gasteiger partial charge in [-0.05, 0) is 55.0 Å². The van der Waals surface area contributed by atoms with E-state index >= 15 is 0 Å². The number of rotatable bonds is 7. The van der Waals surface area contributed by atoms with Crippen LogP contribution in [0.5, 0.6) is 0 Å². The van der Waals surface area contributed by atoms with Crippen LogP contribution in [0.2, 0.25) is 5.02 Å². The van der Waals surface area contributed by atoms with Gasteiger partial charge in [0.2, 0.25) is 11.8 Å². The number of unbranched alkanes of at least 4 members (excludes halogenated alkanes) is 1. The molecule has 152 valence electrons. The maximum Gasteiger partial charge on any atom is 0.255 e. The Hall–Kier alpha value is -2.86. The Bertz CT molecular complexity index is 881. The van der Waals surface area contributed by atoms with E-state index in [4.69, 9.17) is 11.6 Å². The summed E-state index contributed by atoms with van der Waals surface area (Å²) in [4.78, 5) is 38.6. The van der Waals surface area contributed by atoms with Crippen LogP contribution in [0.25, 0.3) is 0 Å². The lowest BCUT2D eigenvalue weighted by Gasteiger charge is -2.16. The number of nitrogens with zero attached hydrogens (tertiary/aromatic N) is 1. The molecule has 2 aromatic carbocycles. The van der Waals surface area contributed by atoms with Gasteiger partial charge >= 0.3 is 0 Å². The van der Waals surface area contributed by atoms with Crippen molar-refractivity contribution in [2.24, 2.45) is 5.92 Å². The Balaban J connectivity index is 1.55. The quantitative estimate of drug-likeness (QED) is 0.714. The molecule has 0 bridgehead atoms. The monoisotopic (exact) mass is 413 g/mol. The SMILES string of the molecule is CCCCN1C[C@H](C(=O)Nc2ccc(C(=O)Nc3ccc(Cl)cc3)cc2)CC1=O. The van der Waals surface area contributed by atoms with Gasteiger partial charge < -0.3 is 15.5 Å². The number of benzene rings is 2. The van der Waals surface area contributed by atoms with Crippen molar-refractivity contribution in [2.45, 2.75) is 26.2 Å². The average Bonchev–Trinajstić information content (AvgIpc) is 3.09. The topological polar surface area (TPSA) is 78.5 Å². The van der Waals surface area contributed by atoms with Crippen molar-refractivity contribution in [1.82, 2.24) is 4.90 Å². The molecular formula is C22H24ClN3O3. The summed E-state index contributed by atoms with van der Waals surface area (Å²) < 4.78 is 0. The van der Waals surface area contributed by atoms with Gasteiger partial charge in [0.05, 0.1) is 5.92 Å².